The summed E-state index contributed by atoms with van der Waals surface area (Å²) in [7, 11) is 0. The molecule has 0 spiro atoms. The molecule has 1 aromatic carbocycles. The summed E-state index contributed by atoms with van der Waals surface area (Å²) in [5, 5.41) is 7.73. The van der Waals surface area contributed by atoms with Crippen LogP contribution in [-0.4, -0.2) is 34.1 Å². The molecule has 0 bridgehead atoms. The first-order valence-corrected chi connectivity index (χ1v) is 6.35. The van der Waals surface area contributed by atoms with Gasteiger partial charge in [-0.1, -0.05) is 0 Å². The van der Waals surface area contributed by atoms with Crippen LogP contribution in [0.3, 0.4) is 0 Å². The van der Waals surface area contributed by atoms with E-state index in [1.807, 2.05) is 26.0 Å². The van der Waals surface area contributed by atoms with Crippen LogP contribution in [-0.2, 0) is 0 Å². The molecule has 2 aromatic rings. The minimum absolute atomic E-state index is 0.0401. The highest BCUT2D eigenvalue weighted by atomic mass is 16.4. The molecule has 0 aliphatic rings. The van der Waals surface area contributed by atoms with Gasteiger partial charge in [0.25, 0.3) is 5.91 Å². The summed E-state index contributed by atoms with van der Waals surface area (Å²) in [6, 6.07) is 7.22. The van der Waals surface area contributed by atoms with Gasteiger partial charge in [-0.15, -0.1) is 10.2 Å². The number of hydrogen-bond donors (Lipinski definition) is 0. The lowest BCUT2D eigenvalue weighted by Gasteiger charge is -2.18. The minimum atomic E-state index is 0.0401. The second-order valence-corrected chi connectivity index (χ2v) is 4.18. The molecule has 2 rings (SSSR count). The summed E-state index contributed by atoms with van der Waals surface area (Å²) in [4.78, 5) is 13.9. The fourth-order valence-electron chi connectivity index (χ4n) is 1.86. The first-order valence-electron chi connectivity index (χ1n) is 6.35. The molecule has 5 heteroatoms. The van der Waals surface area contributed by atoms with Crippen LogP contribution in [0.2, 0.25) is 0 Å². The Morgan fingerprint density at radius 2 is 1.79 bits per heavy atom. The zero-order valence-electron chi connectivity index (χ0n) is 11.4. The summed E-state index contributed by atoms with van der Waals surface area (Å²) in [6.07, 6.45) is 0. The lowest BCUT2D eigenvalue weighted by atomic mass is 10.1. The normalized spacial score (nSPS) is 10.5. The van der Waals surface area contributed by atoms with Crippen molar-refractivity contribution in [2.45, 2.75) is 20.8 Å². The van der Waals surface area contributed by atoms with Crippen LogP contribution >= 0.6 is 0 Å². The molecule has 1 aromatic heterocycles. The Labute approximate surface area is 112 Å². The summed E-state index contributed by atoms with van der Waals surface area (Å²) >= 11 is 0. The van der Waals surface area contributed by atoms with E-state index >= 15 is 0 Å². The number of rotatable bonds is 4. The fourth-order valence-corrected chi connectivity index (χ4v) is 1.86. The van der Waals surface area contributed by atoms with Crippen LogP contribution in [0.25, 0.3) is 11.5 Å². The maximum Gasteiger partial charge on any atom is 0.253 e. The molecule has 0 atom stereocenters. The third kappa shape index (κ3) is 2.81. The van der Waals surface area contributed by atoms with Crippen molar-refractivity contribution in [3.63, 3.8) is 0 Å². The molecule has 0 saturated heterocycles. The van der Waals surface area contributed by atoms with Crippen molar-refractivity contribution in [1.82, 2.24) is 15.1 Å². The van der Waals surface area contributed by atoms with Crippen LogP contribution in [0.5, 0.6) is 0 Å². The topological polar surface area (TPSA) is 59.2 Å². The maximum atomic E-state index is 12.1. The highest BCUT2D eigenvalue weighted by molar-refractivity contribution is 5.94. The van der Waals surface area contributed by atoms with Crippen LogP contribution in [0.4, 0.5) is 0 Å². The van der Waals surface area contributed by atoms with Gasteiger partial charge in [0, 0.05) is 31.1 Å². The molecule has 0 fully saturated rings. The van der Waals surface area contributed by atoms with Crippen molar-refractivity contribution in [3.8, 4) is 11.5 Å². The molecule has 1 amide bonds. The number of aryl methyl sites for hydroxylation is 1. The number of carbonyl (C=O) groups is 1. The summed E-state index contributed by atoms with van der Waals surface area (Å²) < 4.78 is 5.34. The van der Waals surface area contributed by atoms with Crippen LogP contribution in [0, 0.1) is 6.92 Å². The Morgan fingerprint density at radius 3 is 2.26 bits per heavy atom. The van der Waals surface area contributed by atoms with E-state index < -0.39 is 0 Å². The molecular weight excluding hydrogens is 242 g/mol. The lowest BCUT2D eigenvalue weighted by molar-refractivity contribution is 0.0773. The third-order valence-corrected chi connectivity index (χ3v) is 2.96. The Hall–Kier alpha value is -2.17. The van der Waals surface area contributed by atoms with Crippen molar-refractivity contribution in [3.05, 3.63) is 35.7 Å². The summed E-state index contributed by atoms with van der Waals surface area (Å²) in [5.41, 5.74) is 1.49. The highest BCUT2D eigenvalue weighted by Crippen LogP contribution is 2.18. The number of amides is 1. The molecular formula is C14H17N3O2. The lowest BCUT2D eigenvalue weighted by Crippen LogP contribution is -2.30. The molecule has 0 unspecified atom stereocenters. The van der Waals surface area contributed by atoms with E-state index in [2.05, 4.69) is 10.2 Å². The smallest absolute Gasteiger partial charge is 0.253 e. The van der Waals surface area contributed by atoms with Crippen LogP contribution < -0.4 is 0 Å². The largest absolute Gasteiger partial charge is 0.421 e. The Kier molecular flexibility index (Phi) is 3.94. The number of carbonyl (C=O) groups excluding carboxylic acids is 1. The number of aromatic nitrogens is 2. The molecule has 19 heavy (non-hydrogen) atoms. The van der Waals surface area contributed by atoms with Crippen molar-refractivity contribution in [2.24, 2.45) is 0 Å². The highest BCUT2D eigenvalue weighted by Gasteiger charge is 2.13. The molecule has 0 aliphatic carbocycles. The van der Waals surface area contributed by atoms with Gasteiger partial charge in [-0.2, -0.15) is 0 Å². The van der Waals surface area contributed by atoms with Crippen molar-refractivity contribution in [2.75, 3.05) is 13.1 Å². The van der Waals surface area contributed by atoms with Crippen molar-refractivity contribution < 1.29 is 9.21 Å². The zero-order valence-corrected chi connectivity index (χ0v) is 11.4. The van der Waals surface area contributed by atoms with Gasteiger partial charge in [-0.25, -0.2) is 0 Å². The van der Waals surface area contributed by atoms with E-state index in [-0.39, 0.29) is 5.91 Å². The molecule has 100 valence electrons. The molecule has 0 N–H and O–H groups in total. The summed E-state index contributed by atoms with van der Waals surface area (Å²) in [6.45, 7) is 7.10. The zero-order chi connectivity index (χ0) is 13.8. The minimum Gasteiger partial charge on any atom is -0.421 e. The second-order valence-electron chi connectivity index (χ2n) is 4.18. The van der Waals surface area contributed by atoms with Gasteiger partial charge in [-0.3, -0.25) is 4.79 Å². The number of hydrogen-bond acceptors (Lipinski definition) is 4. The Bertz CT molecular complexity index is 556. The van der Waals surface area contributed by atoms with Gasteiger partial charge in [-0.05, 0) is 38.1 Å². The fraction of sp³-hybridized carbons (Fsp3) is 0.357. The van der Waals surface area contributed by atoms with Crippen molar-refractivity contribution >= 4 is 5.91 Å². The standard InChI is InChI=1S/C14H17N3O2/c1-4-17(5-2)14(18)12-8-6-11(7-9-12)13-16-15-10(3)19-13/h6-9H,4-5H2,1-3H3. The first kappa shape index (κ1) is 13.3. The average molecular weight is 259 g/mol. The molecule has 1 heterocycles. The quantitative estimate of drug-likeness (QED) is 0.846. The summed E-state index contributed by atoms with van der Waals surface area (Å²) in [5.74, 6) is 1.04. The van der Waals surface area contributed by atoms with E-state index in [0.29, 0.717) is 30.4 Å². The van der Waals surface area contributed by atoms with Crippen LogP contribution in [0.15, 0.2) is 28.7 Å². The third-order valence-electron chi connectivity index (χ3n) is 2.96. The van der Waals surface area contributed by atoms with E-state index in [1.54, 1.807) is 24.0 Å². The second kappa shape index (κ2) is 5.65. The van der Waals surface area contributed by atoms with Gasteiger partial charge >= 0.3 is 0 Å². The van der Waals surface area contributed by atoms with E-state index in [1.165, 1.54) is 0 Å². The van der Waals surface area contributed by atoms with E-state index in [0.717, 1.165) is 5.56 Å². The van der Waals surface area contributed by atoms with E-state index in [9.17, 15) is 4.79 Å². The van der Waals surface area contributed by atoms with Gasteiger partial charge in [0.2, 0.25) is 11.8 Å². The van der Waals surface area contributed by atoms with Gasteiger partial charge in [0.05, 0.1) is 0 Å². The Balaban J connectivity index is 2.21. The molecule has 0 aliphatic heterocycles. The van der Waals surface area contributed by atoms with E-state index in [4.69, 9.17) is 4.42 Å². The number of benzene rings is 1. The predicted molar refractivity (Wildman–Crippen MR) is 71.7 cm³/mol. The maximum absolute atomic E-state index is 12.1. The van der Waals surface area contributed by atoms with Crippen LogP contribution in [0.1, 0.15) is 30.1 Å². The molecule has 0 saturated carbocycles. The van der Waals surface area contributed by atoms with Gasteiger partial charge < -0.3 is 9.32 Å². The average Bonchev–Trinajstić information content (AvgIpc) is 2.87. The molecule has 5 nitrogen and oxygen atoms in total. The van der Waals surface area contributed by atoms with Gasteiger partial charge in [0.1, 0.15) is 0 Å². The SMILES string of the molecule is CCN(CC)C(=O)c1ccc(-c2nnc(C)o2)cc1. The van der Waals surface area contributed by atoms with Crippen molar-refractivity contribution in [1.29, 1.82) is 0 Å². The first-order chi connectivity index (χ1) is 9.15. The monoisotopic (exact) mass is 259 g/mol. The number of nitrogens with zero attached hydrogens (tertiary/aromatic N) is 3. The predicted octanol–water partition coefficient (Wildman–Crippen LogP) is 2.53. The molecule has 0 radical (unpaired) electrons. The Morgan fingerprint density at radius 1 is 1.16 bits per heavy atom. The van der Waals surface area contributed by atoms with Gasteiger partial charge in [0.15, 0.2) is 0 Å².